The molecular formula is C17H13ClN4O2. The number of rotatable bonds is 4. The summed E-state index contributed by atoms with van der Waals surface area (Å²) in [6.07, 6.45) is 4.88. The number of phenolic OH excluding ortho intramolecular Hbond substituents is 1. The van der Waals surface area contributed by atoms with Gasteiger partial charge in [-0.2, -0.15) is 5.10 Å². The number of carbonyl (C=O) groups is 1. The van der Waals surface area contributed by atoms with E-state index in [1.807, 2.05) is 22.9 Å². The number of nitrogens with one attached hydrogen (secondary N) is 1. The molecule has 0 spiro atoms. The number of carbonyl (C=O) groups excluding carboxylic acids is 1. The molecule has 0 bridgehead atoms. The monoisotopic (exact) mass is 340 g/mol. The lowest BCUT2D eigenvalue weighted by atomic mass is 10.3. The molecule has 7 heteroatoms. The summed E-state index contributed by atoms with van der Waals surface area (Å²) in [5.74, 6) is -0.242. The zero-order valence-corrected chi connectivity index (χ0v) is 13.2. The third-order valence-electron chi connectivity index (χ3n) is 3.27. The molecule has 2 aromatic heterocycles. The highest BCUT2D eigenvalue weighted by atomic mass is 35.5. The van der Waals surface area contributed by atoms with Crippen LogP contribution in [0.15, 0.2) is 66.0 Å². The van der Waals surface area contributed by atoms with E-state index in [2.05, 4.69) is 15.5 Å². The molecular weight excluding hydrogens is 328 g/mol. The van der Waals surface area contributed by atoms with Crippen LogP contribution in [0.1, 0.15) is 16.1 Å². The lowest BCUT2D eigenvalue weighted by Gasteiger charge is -2.06. The Kier molecular flexibility index (Phi) is 4.58. The van der Waals surface area contributed by atoms with Gasteiger partial charge in [0.1, 0.15) is 10.9 Å². The van der Waals surface area contributed by atoms with Gasteiger partial charge in [-0.05, 0) is 48.5 Å². The van der Waals surface area contributed by atoms with Gasteiger partial charge in [-0.3, -0.25) is 4.79 Å². The molecule has 0 fully saturated rings. The summed E-state index contributed by atoms with van der Waals surface area (Å²) < 4.78 is 1.87. The molecule has 2 N–H and O–H groups in total. The number of pyridine rings is 1. The smallest absolute Gasteiger partial charge is 0.274 e. The number of hydrogen-bond donors (Lipinski definition) is 2. The highest BCUT2D eigenvalue weighted by Crippen LogP contribution is 2.15. The minimum atomic E-state index is -0.438. The van der Waals surface area contributed by atoms with Crippen LogP contribution in [-0.4, -0.2) is 26.8 Å². The Morgan fingerprint density at radius 3 is 2.75 bits per heavy atom. The molecule has 0 radical (unpaired) electrons. The van der Waals surface area contributed by atoms with Crippen molar-refractivity contribution in [1.82, 2.24) is 15.0 Å². The zero-order valence-electron chi connectivity index (χ0n) is 12.4. The van der Waals surface area contributed by atoms with Crippen molar-refractivity contribution < 1.29 is 9.90 Å². The lowest BCUT2D eigenvalue weighted by molar-refractivity contribution is 0.0955. The highest BCUT2D eigenvalue weighted by Gasteiger charge is 2.09. The Morgan fingerprint density at radius 2 is 2.00 bits per heavy atom. The summed E-state index contributed by atoms with van der Waals surface area (Å²) in [5, 5.41) is 13.4. The van der Waals surface area contributed by atoms with Gasteiger partial charge in [-0.1, -0.05) is 11.6 Å². The van der Waals surface area contributed by atoms with Gasteiger partial charge in [0, 0.05) is 18.1 Å². The van der Waals surface area contributed by atoms with Crippen LogP contribution in [0.5, 0.6) is 5.75 Å². The van der Waals surface area contributed by atoms with Crippen molar-refractivity contribution in [2.75, 3.05) is 0 Å². The summed E-state index contributed by atoms with van der Waals surface area (Å²) in [4.78, 5) is 15.8. The van der Waals surface area contributed by atoms with Crippen molar-refractivity contribution in [1.29, 1.82) is 0 Å². The number of hydrazone groups is 1. The maximum atomic E-state index is 12.0. The Hall–Kier alpha value is -3.12. The van der Waals surface area contributed by atoms with Crippen LogP contribution < -0.4 is 5.43 Å². The highest BCUT2D eigenvalue weighted by molar-refractivity contribution is 6.32. The van der Waals surface area contributed by atoms with Gasteiger partial charge in [0.15, 0.2) is 0 Å². The molecule has 0 atom stereocenters. The third kappa shape index (κ3) is 3.44. The number of hydrogen-bond acceptors (Lipinski definition) is 4. The summed E-state index contributed by atoms with van der Waals surface area (Å²) in [5.41, 5.74) is 4.30. The Morgan fingerprint density at radius 1 is 1.21 bits per heavy atom. The van der Waals surface area contributed by atoms with Crippen molar-refractivity contribution in [2.45, 2.75) is 0 Å². The van der Waals surface area contributed by atoms with Gasteiger partial charge in [-0.15, -0.1) is 0 Å². The van der Waals surface area contributed by atoms with E-state index >= 15 is 0 Å². The van der Waals surface area contributed by atoms with E-state index in [0.29, 0.717) is 0 Å². The molecule has 1 aromatic carbocycles. The Labute approximate surface area is 143 Å². The quantitative estimate of drug-likeness (QED) is 0.435. The van der Waals surface area contributed by atoms with E-state index in [0.717, 1.165) is 11.4 Å². The van der Waals surface area contributed by atoms with Gasteiger partial charge in [0.25, 0.3) is 5.91 Å². The second-order valence-electron chi connectivity index (χ2n) is 4.86. The standard InChI is InChI=1S/C17H13ClN4O2/c18-16-15(4-1-9-19-16)17(24)21-20-11-13-3-2-10-22(13)12-5-7-14(23)8-6-12/h1-11,23H,(H,21,24). The van der Waals surface area contributed by atoms with E-state index in [1.54, 1.807) is 36.4 Å². The molecule has 0 unspecified atom stereocenters. The van der Waals surface area contributed by atoms with E-state index in [-0.39, 0.29) is 16.5 Å². The van der Waals surface area contributed by atoms with Crippen LogP contribution in [0.4, 0.5) is 0 Å². The SMILES string of the molecule is O=C(NN=Cc1cccn1-c1ccc(O)cc1)c1cccnc1Cl. The zero-order chi connectivity index (χ0) is 16.9. The van der Waals surface area contributed by atoms with Gasteiger partial charge >= 0.3 is 0 Å². The van der Waals surface area contributed by atoms with Crippen molar-refractivity contribution >= 4 is 23.7 Å². The van der Waals surface area contributed by atoms with Crippen LogP contribution in [0, 0.1) is 0 Å². The van der Waals surface area contributed by atoms with E-state index in [9.17, 15) is 9.90 Å². The largest absolute Gasteiger partial charge is 0.508 e. The Bertz CT molecular complexity index is 888. The second kappa shape index (κ2) is 6.97. The molecule has 6 nitrogen and oxygen atoms in total. The van der Waals surface area contributed by atoms with Crippen LogP contribution in [0.2, 0.25) is 5.15 Å². The first-order chi connectivity index (χ1) is 11.6. The van der Waals surface area contributed by atoms with Crippen LogP contribution in [0.3, 0.4) is 0 Å². The van der Waals surface area contributed by atoms with Crippen molar-refractivity contribution in [3.8, 4) is 11.4 Å². The fourth-order valence-electron chi connectivity index (χ4n) is 2.12. The number of nitrogens with zero attached hydrogens (tertiary/aromatic N) is 3. The molecule has 1 amide bonds. The predicted molar refractivity (Wildman–Crippen MR) is 91.7 cm³/mol. The topological polar surface area (TPSA) is 79.5 Å². The number of benzene rings is 1. The summed E-state index contributed by atoms with van der Waals surface area (Å²) >= 11 is 5.87. The molecule has 0 aliphatic rings. The van der Waals surface area contributed by atoms with E-state index in [4.69, 9.17) is 11.6 Å². The van der Waals surface area contributed by atoms with Gasteiger partial charge in [0.2, 0.25) is 0 Å². The molecule has 0 saturated heterocycles. The summed E-state index contributed by atoms with van der Waals surface area (Å²) in [7, 11) is 0. The number of halogens is 1. The van der Waals surface area contributed by atoms with Crippen LogP contribution in [-0.2, 0) is 0 Å². The van der Waals surface area contributed by atoms with Gasteiger partial charge in [-0.25, -0.2) is 10.4 Å². The molecule has 3 aromatic rings. The molecule has 0 saturated carbocycles. The summed E-state index contributed by atoms with van der Waals surface area (Å²) in [6.45, 7) is 0. The number of aromatic hydroxyl groups is 1. The van der Waals surface area contributed by atoms with E-state index < -0.39 is 5.91 Å². The van der Waals surface area contributed by atoms with Gasteiger partial charge in [0.05, 0.1) is 17.5 Å². The van der Waals surface area contributed by atoms with Gasteiger partial charge < -0.3 is 9.67 Å². The molecule has 3 rings (SSSR count). The number of phenols is 1. The number of amides is 1. The molecule has 0 aliphatic carbocycles. The normalized spacial score (nSPS) is 10.9. The predicted octanol–water partition coefficient (Wildman–Crippen LogP) is 3.00. The first-order valence-electron chi connectivity index (χ1n) is 7.06. The minimum absolute atomic E-state index is 0.123. The fraction of sp³-hybridized carbons (Fsp3) is 0. The Balaban J connectivity index is 1.74. The van der Waals surface area contributed by atoms with Crippen molar-refractivity contribution in [3.05, 3.63) is 77.3 Å². The molecule has 24 heavy (non-hydrogen) atoms. The van der Waals surface area contributed by atoms with Crippen LogP contribution in [0.25, 0.3) is 5.69 Å². The average molecular weight is 341 g/mol. The first-order valence-corrected chi connectivity index (χ1v) is 7.43. The molecule has 2 heterocycles. The molecule has 120 valence electrons. The lowest BCUT2D eigenvalue weighted by Crippen LogP contribution is -2.18. The van der Waals surface area contributed by atoms with Crippen molar-refractivity contribution in [2.24, 2.45) is 5.10 Å². The second-order valence-corrected chi connectivity index (χ2v) is 5.22. The number of aromatic nitrogens is 2. The maximum Gasteiger partial charge on any atom is 0.274 e. The average Bonchev–Trinajstić information content (AvgIpc) is 3.04. The fourth-order valence-corrected chi connectivity index (χ4v) is 2.33. The van der Waals surface area contributed by atoms with E-state index in [1.165, 1.54) is 12.4 Å². The minimum Gasteiger partial charge on any atom is -0.508 e. The van der Waals surface area contributed by atoms with Crippen LogP contribution >= 0.6 is 11.6 Å². The summed E-state index contributed by atoms with van der Waals surface area (Å²) in [6, 6.07) is 13.7. The first kappa shape index (κ1) is 15.8. The molecule has 0 aliphatic heterocycles. The third-order valence-corrected chi connectivity index (χ3v) is 3.58. The maximum absolute atomic E-state index is 12.0. The van der Waals surface area contributed by atoms with Crippen molar-refractivity contribution in [3.63, 3.8) is 0 Å².